The molecule has 1 aromatic carbocycles. The van der Waals surface area contributed by atoms with E-state index in [9.17, 15) is 9.18 Å². The fourth-order valence-electron chi connectivity index (χ4n) is 2.17. The predicted molar refractivity (Wildman–Crippen MR) is 60.6 cm³/mol. The van der Waals surface area contributed by atoms with Crippen LogP contribution < -0.4 is 0 Å². The molecule has 2 rings (SSSR count). The Morgan fingerprint density at radius 2 is 1.88 bits per heavy atom. The van der Waals surface area contributed by atoms with Gasteiger partial charge in [-0.1, -0.05) is 18.2 Å². The van der Waals surface area contributed by atoms with Crippen molar-refractivity contribution in [3.63, 3.8) is 0 Å². The Morgan fingerprint density at radius 3 is 2.50 bits per heavy atom. The van der Waals surface area contributed by atoms with Crippen molar-refractivity contribution < 1.29 is 9.18 Å². The lowest BCUT2D eigenvalue weighted by Crippen LogP contribution is -2.36. The number of rotatable bonds is 2. The van der Waals surface area contributed by atoms with Crippen LogP contribution in [0.15, 0.2) is 24.3 Å². The Bertz CT molecular complexity index is 381. The highest BCUT2D eigenvalue weighted by atomic mass is 19.1. The van der Waals surface area contributed by atoms with Gasteiger partial charge in [0.15, 0.2) is 0 Å². The summed E-state index contributed by atoms with van der Waals surface area (Å²) in [4.78, 5) is 13.3. The zero-order valence-corrected chi connectivity index (χ0v) is 9.45. The maximum atomic E-state index is 13.6. The number of carbonyl (C=O) groups is 1. The number of Topliss-reactive ketones (excluding diaryl/α,β-unsaturated/α-hetero) is 1. The standard InChI is InChI=1S/C13H16FNO/c1-10(12-4-2-3-5-13(12)14)15-8-6-11(16)7-9-15/h2-5,10H,6-9H2,1H3/t10-/m1/s1. The van der Waals surface area contributed by atoms with Crippen LogP contribution in [0.1, 0.15) is 31.4 Å². The number of nitrogens with zero attached hydrogens (tertiary/aromatic N) is 1. The lowest BCUT2D eigenvalue weighted by molar-refractivity contribution is -0.121. The molecule has 1 aromatic rings. The van der Waals surface area contributed by atoms with Crippen LogP contribution in [-0.2, 0) is 4.79 Å². The highest BCUT2D eigenvalue weighted by molar-refractivity contribution is 5.79. The third-order valence-corrected chi connectivity index (χ3v) is 3.26. The Hall–Kier alpha value is -1.22. The fourth-order valence-corrected chi connectivity index (χ4v) is 2.17. The summed E-state index contributed by atoms with van der Waals surface area (Å²) in [7, 11) is 0. The minimum atomic E-state index is -0.160. The van der Waals surface area contributed by atoms with Crippen molar-refractivity contribution in [2.24, 2.45) is 0 Å². The van der Waals surface area contributed by atoms with Crippen molar-refractivity contribution in [3.8, 4) is 0 Å². The number of carbonyl (C=O) groups excluding carboxylic acids is 1. The van der Waals surface area contributed by atoms with E-state index in [-0.39, 0.29) is 11.9 Å². The molecule has 0 N–H and O–H groups in total. The van der Waals surface area contributed by atoms with Crippen LogP contribution in [0.25, 0.3) is 0 Å². The minimum Gasteiger partial charge on any atom is -0.300 e. The van der Waals surface area contributed by atoms with Crippen molar-refractivity contribution in [2.75, 3.05) is 13.1 Å². The molecule has 1 heterocycles. The van der Waals surface area contributed by atoms with Gasteiger partial charge in [0.05, 0.1) is 0 Å². The Balaban J connectivity index is 2.10. The van der Waals surface area contributed by atoms with Gasteiger partial charge in [0, 0.05) is 37.5 Å². The van der Waals surface area contributed by atoms with Crippen LogP contribution in [0.4, 0.5) is 4.39 Å². The van der Waals surface area contributed by atoms with E-state index in [1.54, 1.807) is 6.07 Å². The summed E-state index contributed by atoms with van der Waals surface area (Å²) in [5, 5.41) is 0. The highest BCUT2D eigenvalue weighted by Crippen LogP contribution is 2.24. The maximum absolute atomic E-state index is 13.6. The highest BCUT2D eigenvalue weighted by Gasteiger charge is 2.23. The van der Waals surface area contributed by atoms with Gasteiger partial charge in [-0.05, 0) is 13.0 Å². The van der Waals surface area contributed by atoms with E-state index in [0.717, 1.165) is 18.7 Å². The molecule has 16 heavy (non-hydrogen) atoms. The first kappa shape index (κ1) is 11.3. The summed E-state index contributed by atoms with van der Waals surface area (Å²) in [6.07, 6.45) is 1.19. The lowest BCUT2D eigenvalue weighted by Gasteiger charge is -2.32. The second-order valence-corrected chi connectivity index (χ2v) is 4.27. The van der Waals surface area contributed by atoms with Crippen molar-refractivity contribution in [1.29, 1.82) is 0 Å². The summed E-state index contributed by atoms with van der Waals surface area (Å²) in [6, 6.07) is 6.90. The zero-order chi connectivity index (χ0) is 11.5. The van der Waals surface area contributed by atoms with Crippen LogP contribution in [0.3, 0.4) is 0 Å². The van der Waals surface area contributed by atoms with Gasteiger partial charge in [-0.3, -0.25) is 9.69 Å². The Kier molecular flexibility index (Phi) is 3.34. The molecule has 1 fully saturated rings. The van der Waals surface area contributed by atoms with Crippen molar-refractivity contribution in [1.82, 2.24) is 4.90 Å². The third kappa shape index (κ3) is 2.30. The molecular formula is C13H16FNO. The average molecular weight is 221 g/mol. The van der Waals surface area contributed by atoms with Gasteiger partial charge < -0.3 is 0 Å². The van der Waals surface area contributed by atoms with E-state index in [0.29, 0.717) is 18.6 Å². The third-order valence-electron chi connectivity index (χ3n) is 3.26. The quantitative estimate of drug-likeness (QED) is 0.765. The molecule has 3 heteroatoms. The van der Waals surface area contributed by atoms with E-state index in [2.05, 4.69) is 4.90 Å². The van der Waals surface area contributed by atoms with Gasteiger partial charge in [0.2, 0.25) is 0 Å². The molecule has 2 nitrogen and oxygen atoms in total. The molecule has 0 radical (unpaired) electrons. The second kappa shape index (κ2) is 4.74. The normalized spacial score (nSPS) is 19.8. The molecule has 1 saturated heterocycles. The van der Waals surface area contributed by atoms with Gasteiger partial charge in [-0.25, -0.2) is 4.39 Å². The van der Waals surface area contributed by atoms with Gasteiger partial charge in [0.1, 0.15) is 11.6 Å². The number of hydrogen-bond donors (Lipinski definition) is 0. The first-order chi connectivity index (χ1) is 7.68. The molecule has 0 amide bonds. The van der Waals surface area contributed by atoms with Crippen molar-refractivity contribution in [3.05, 3.63) is 35.6 Å². The molecule has 0 bridgehead atoms. The van der Waals surface area contributed by atoms with Crippen LogP contribution in [-0.4, -0.2) is 23.8 Å². The van der Waals surface area contributed by atoms with Crippen LogP contribution in [0, 0.1) is 5.82 Å². The van der Waals surface area contributed by atoms with Gasteiger partial charge >= 0.3 is 0 Å². The van der Waals surface area contributed by atoms with Gasteiger partial charge in [-0.2, -0.15) is 0 Å². The molecule has 0 saturated carbocycles. The van der Waals surface area contributed by atoms with Gasteiger partial charge in [-0.15, -0.1) is 0 Å². The summed E-state index contributed by atoms with van der Waals surface area (Å²) < 4.78 is 13.6. The van der Waals surface area contributed by atoms with E-state index >= 15 is 0 Å². The first-order valence-corrected chi connectivity index (χ1v) is 5.68. The molecule has 1 aliphatic heterocycles. The summed E-state index contributed by atoms with van der Waals surface area (Å²) >= 11 is 0. The van der Waals surface area contributed by atoms with Crippen LogP contribution in [0.2, 0.25) is 0 Å². The van der Waals surface area contributed by atoms with Crippen molar-refractivity contribution >= 4 is 5.78 Å². The smallest absolute Gasteiger partial charge is 0.135 e. The van der Waals surface area contributed by atoms with E-state index in [4.69, 9.17) is 0 Å². The molecule has 0 unspecified atom stereocenters. The van der Waals surface area contributed by atoms with Crippen molar-refractivity contribution in [2.45, 2.75) is 25.8 Å². The SMILES string of the molecule is C[C@H](c1ccccc1F)N1CCC(=O)CC1. The number of benzene rings is 1. The summed E-state index contributed by atoms with van der Waals surface area (Å²) in [5.41, 5.74) is 0.719. The molecular weight excluding hydrogens is 205 g/mol. The monoisotopic (exact) mass is 221 g/mol. The minimum absolute atomic E-state index is 0.0503. The molecule has 1 atom stereocenters. The topological polar surface area (TPSA) is 20.3 Å². The molecule has 0 aromatic heterocycles. The van der Waals surface area contributed by atoms with E-state index in [1.165, 1.54) is 6.07 Å². The Labute approximate surface area is 95.1 Å². The maximum Gasteiger partial charge on any atom is 0.135 e. The number of halogens is 1. The average Bonchev–Trinajstić information content (AvgIpc) is 2.30. The summed E-state index contributed by atoms with van der Waals surface area (Å²) in [6.45, 7) is 3.48. The molecule has 1 aliphatic rings. The number of piperidine rings is 1. The molecule has 0 spiro atoms. The summed E-state index contributed by atoms with van der Waals surface area (Å²) in [5.74, 6) is 0.156. The number of likely N-dealkylation sites (tertiary alicyclic amines) is 1. The predicted octanol–water partition coefficient (Wildman–Crippen LogP) is 2.55. The second-order valence-electron chi connectivity index (χ2n) is 4.27. The largest absolute Gasteiger partial charge is 0.300 e. The van der Waals surface area contributed by atoms with E-state index in [1.807, 2.05) is 19.1 Å². The molecule has 86 valence electrons. The molecule has 0 aliphatic carbocycles. The number of hydrogen-bond acceptors (Lipinski definition) is 2. The van der Waals surface area contributed by atoms with E-state index < -0.39 is 0 Å². The van der Waals surface area contributed by atoms with Crippen LogP contribution >= 0.6 is 0 Å². The lowest BCUT2D eigenvalue weighted by atomic mass is 10.0. The fraction of sp³-hybridized carbons (Fsp3) is 0.462. The Morgan fingerprint density at radius 1 is 1.25 bits per heavy atom. The van der Waals surface area contributed by atoms with Gasteiger partial charge in [0.25, 0.3) is 0 Å². The zero-order valence-electron chi connectivity index (χ0n) is 9.45. The number of ketones is 1. The van der Waals surface area contributed by atoms with Crippen LogP contribution in [0.5, 0.6) is 0 Å². The first-order valence-electron chi connectivity index (χ1n) is 5.68.